The van der Waals surface area contributed by atoms with E-state index in [-0.39, 0.29) is 0 Å². The molecule has 0 unspecified atom stereocenters. The van der Waals surface area contributed by atoms with Gasteiger partial charge in [0.15, 0.2) is 0 Å². The Bertz CT molecular complexity index is 673. The predicted molar refractivity (Wildman–Crippen MR) is 80.6 cm³/mol. The third-order valence-electron chi connectivity index (χ3n) is 2.98. The number of ether oxygens (including phenoxy) is 1. The van der Waals surface area contributed by atoms with Gasteiger partial charge in [0.1, 0.15) is 5.60 Å². The molecule has 7 heteroatoms. The van der Waals surface area contributed by atoms with E-state index in [1.807, 2.05) is 6.92 Å². The van der Waals surface area contributed by atoms with Crippen molar-refractivity contribution < 1.29 is 19.6 Å². The van der Waals surface area contributed by atoms with E-state index in [0.717, 1.165) is 11.1 Å². The van der Waals surface area contributed by atoms with Crippen molar-refractivity contribution >= 4 is 29.6 Å². The average molecular weight is 290 g/mol. The van der Waals surface area contributed by atoms with Crippen LogP contribution in [0.25, 0.3) is 10.9 Å². The summed E-state index contributed by atoms with van der Waals surface area (Å²) in [6, 6.07) is 4.88. The molecule has 0 amide bonds. The first-order chi connectivity index (χ1) is 9.73. The van der Waals surface area contributed by atoms with Crippen molar-refractivity contribution in [2.24, 2.45) is 0 Å². The van der Waals surface area contributed by atoms with E-state index in [1.54, 1.807) is 32.9 Å². The summed E-state index contributed by atoms with van der Waals surface area (Å²) in [7, 11) is -1.60. The van der Waals surface area contributed by atoms with Crippen molar-refractivity contribution in [1.29, 1.82) is 0 Å². The number of aromatic nitrogens is 2. The summed E-state index contributed by atoms with van der Waals surface area (Å²) in [5, 5.41) is 23.6. The summed E-state index contributed by atoms with van der Waals surface area (Å²) >= 11 is 0. The van der Waals surface area contributed by atoms with Crippen LogP contribution in [0, 0.1) is 0 Å². The van der Waals surface area contributed by atoms with Crippen LogP contribution < -0.4 is 5.46 Å². The lowest BCUT2D eigenvalue weighted by Gasteiger charge is -2.19. The van der Waals surface area contributed by atoms with Gasteiger partial charge in [-0.15, -0.1) is 0 Å². The van der Waals surface area contributed by atoms with Crippen molar-refractivity contribution in [1.82, 2.24) is 9.78 Å². The van der Waals surface area contributed by atoms with Gasteiger partial charge in [-0.25, -0.2) is 4.79 Å². The van der Waals surface area contributed by atoms with Crippen LogP contribution in [0.2, 0.25) is 0 Å². The zero-order chi connectivity index (χ0) is 15.8. The molecule has 0 aliphatic carbocycles. The van der Waals surface area contributed by atoms with Crippen LogP contribution in [0.5, 0.6) is 0 Å². The SMILES string of the molecule is CCc1nn(C(=O)OC(C)(C)C)c2cc(B(O)O)ccc12. The minimum atomic E-state index is -1.60. The van der Waals surface area contributed by atoms with E-state index in [1.165, 1.54) is 10.7 Å². The third kappa shape index (κ3) is 3.25. The van der Waals surface area contributed by atoms with Crippen LogP contribution in [-0.2, 0) is 11.2 Å². The monoisotopic (exact) mass is 290 g/mol. The first-order valence-corrected chi connectivity index (χ1v) is 6.84. The van der Waals surface area contributed by atoms with Crippen molar-refractivity contribution in [3.05, 3.63) is 23.9 Å². The number of aryl methyl sites for hydroxylation is 1. The molecule has 0 saturated carbocycles. The minimum absolute atomic E-state index is 0.301. The quantitative estimate of drug-likeness (QED) is 0.808. The van der Waals surface area contributed by atoms with E-state index in [9.17, 15) is 14.8 Å². The van der Waals surface area contributed by atoms with Crippen LogP contribution in [0.3, 0.4) is 0 Å². The van der Waals surface area contributed by atoms with E-state index in [0.29, 0.717) is 17.4 Å². The fourth-order valence-corrected chi connectivity index (χ4v) is 2.06. The molecule has 0 fully saturated rings. The molecule has 6 nitrogen and oxygen atoms in total. The van der Waals surface area contributed by atoms with Crippen LogP contribution in [-0.4, -0.2) is 38.6 Å². The number of fused-ring (bicyclic) bond motifs is 1. The molecule has 21 heavy (non-hydrogen) atoms. The maximum absolute atomic E-state index is 12.2. The van der Waals surface area contributed by atoms with Gasteiger partial charge in [-0.05, 0) is 38.7 Å². The molecule has 2 aromatic rings. The highest BCUT2D eigenvalue weighted by Gasteiger charge is 2.23. The van der Waals surface area contributed by atoms with Gasteiger partial charge in [0.2, 0.25) is 0 Å². The smallest absolute Gasteiger partial charge is 0.442 e. The van der Waals surface area contributed by atoms with Crippen LogP contribution in [0.4, 0.5) is 4.79 Å². The Balaban J connectivity index is 2.56. The highest BCUT2D eigenvalue weighted by atomic mass is 16.6. The second-order valence-electron chi connectivity index (χ2n) is 5.84. The Morgan fingerprint density at radius 2 is 2.05 bits per heavy atom. The summed E-state index contributed by atoms with van der Waals surface area (Å²) in [5.41, 5.74) is 0.937. The van der Waals surface area contributed by atoms with E-state index in [4.69, 9.17) is 4.74 Å². The summed E-state index contributed by atoms with van der Waals surface area (Å²) in [5.74, 6) is 0. The van der Waals surface area contributed by atoms with E-state index >= 15 is 0 Å². The summed E-state index contributed by atoms with van der Waals surface area (Å²) in [4.78, 5) is 12.2. The second-order valence-corrected chi connectivity index (χ2v) is 5.84. The van der Waals surface area contributed by atoms with Gasteiger partial charge in [-0.2, -0.15) is 9.78 Å². The topological polar surface area (TPSA) is 84.6 Å². The Labute approximate surface area is 123 Å². The van der Waals surface area contributed by atoms with Gasteiger partial charge >= 0.3 is 13.2 Å². The maximum atomic E-state index is 12.2. The Morgan fingerprint density at radius 3 is 2.57 bits per heavy atom. The van der Waals surface area contributed by atoms with Crippen molar-refractivity contribution in [3.8, 4) is 0 Å². The fourth-order valence-electron chi connectivity index (χ4n) is 2.06. The number of carbonyl (C=O) groups is 1. The van der Waals surface area contributed by atoms with Crippen LogP contribution in [0.15, 0.2) is 18.2 Å². The molecule has 0 bridgehead atoms. The number of hydrogen-bond donors (Lipinski definition) is 2. The van der Waals surface area contributed by atoms with Crippen LogP contribution >= 0.6 is 0 Å². The minimum Gasteiger partial charge on any atom is -0.442 e. The van der Waals surface area contributed by atoms with Crippen molar-refractivity contribution in [2.75, 3.05) is 0 Å². The number of carbonyl (C=O) groups excluding carboxylic acids is 1. The van der Waals surface area contributed by atoms with Gasteiger partial charge in [0.25, 0.3) is 0 Å². The molecule has 0 aliphatic rings. The maximum Gasteiger partial charge on any atom is 0.488 e. The highest BCUT2D eigenvalue weighted by Crippen LogP contribution is 2.20. The molecular formula is C14H19BN2O4. The number of nitrogens with zero attached hydrogens (tertiary/aromatic N) is 2. The van der Waals surface area contributed by atoms with E-state index < -0.39 is 18.8 Å². The van der Waals surface area contributed by atoms with Crippen LogP contribution in [0.1, 0.15) is 33.4 Å². The van der Waals surface area contributed by atoms with Gasteiger partial charge in [0.05, 0.1) is 11.2 Å². The molecule has 1 aromatic carbocycles. The second kappa shape index (κ2) is 5.50. The van der Waals surface area contributed by atoms with Gasteiger partial charge in [-0.3, -0.25) is 0 Å². The number of rotatable bonds is 2. The first-order valence-electron chi connectivity index (χ1n) is 6.84. The lowest BCUT2D eigenvalue weighted by Crippen LogP contribution is -2.30. The Kier molecular flexibility index (Phi) is 4.07. The van der Waals surface area contributed by atoms with Gasteiger partial charge < -0.3 is 14.8 Å². The molecule has 0 atom stereocenters. The molecule has 2 N–H and O–H groups in total. The van der Waals surface area contributed by atoms with Crippen molar-refractivity contribution in [3.63, 3.8) is 0 Å². The molecule has 0 saturated heterocycles. The zero-order valence-electron chi connectivity index (χ0n) is 12.6. The lowest BCUT2D eigenvalue weighted by molar-refractivity contribution is 0.0522. The summed E-state index contributed by atoms with van der Waals surface area (Å²) < 4.78 is 6.50. The van der Waals surface area contributed by atoms with E-state index in [2.05, 4.69) is 5.10 Å². The number of hydrogen-bond acceptors (Lipinski definition) is 5. The largest absolute Gasteiger partial charge is 0.488 e. The van der Waals surface area contributed by atoms with Gasteiger partial charge in [0, 0.05) is 5.39 Å². The highest BCUT2D eigenvalue weighted by molar-refractivity contribution is 6.58. The molecule has 1 heterocycles. The third-order valence-corrected chi connectivity index (χ3v) is 2.98. The molecular weight excluding hydrogens is 271 g/mol. The average Bonchev–Trinajstić information content (AvgIpc) is 2.74. The first kappa shape index (κ1) is 15.5. The summed E-state index contributed by atoms with van der Waals surface area (Å²) in [6.45, 7) is 7.27. The zero-order valence-corrected chi connectivity index (χ0v) is 12.6. The lowest BCUT2D eigenvalue weighted by atomic mass is 9.80. The predicted octanol–water partition coefficient (Wildman–Crippen LogP) is 1.06. The molecule has 112 valence electrons. The summed E-state index contributed by atoms with van der Waals surface area (Å²) in [6.07, 6.45) is 0.0737. The fraction of sp³-hybridized carbons (Fsp3) is 0.429. The normalized spacial score (nSPS) is 11.7. The molecule has 0 aliphatic heterocycles. The molecule has 0 spiro atoms. The molecule has 1 aromatic heterocycles. The molecule has 0 radical (unpaired) electrons. The Morgan fingerprint density at radius 1 is 1.38 bits per heavy atom. The van der Waals surface area contributed by atoms with Gasteiger partial charge in [-0.1, -0.05) is 19.1 Å². The molecule has 2 rings (SSSR count). The standard InChI is InChI=1S/C14H19BN2O4/c1-5-11-10-7-6-9(15(19)20)8-12(10)17(16-11)13(18)21-14(2,3)4/h6-8,19-20H,5H2,1-4H3. The number of benzene rings is 1. The van der Waals surface area contributed by atoms with Crippen molar-refractivity contribution in [2.45, 2.75) is 39.7 Å². The Hall–Kier alpha value is -1.86.